The molecule has 2 rings (SSSR count). The Morgan fingerprint density at radius 3 is 2.34 bits per heavy atom. The highest BCUT2D eigenvalue weighted by Gasteiger charge is 2.36. The van der Waals surface area contributed by atoms with Crippen molar-refractivity contribution < 1.29 is 29.4 Å². The Labute approximate surface area is 188 Å². The average molecular weight is 448 g/mol. The smallest absolute Gasteiger partial charge is 0.325 e. The Kier molecular flexibility index (Phi) is 9.04. The largest absolute Gasteiger partial charge is 0.508 e. The Balaban J connectivity index is 1.99. The molecule has 1 fully saturated rings. The van der Waals surface area contributed by atoms with Gasteiger partial charge in [-0.3, -0.25) is 19.2 Å². The molecule has 0 aromatic heterocycles. The number of phenols is 1. The fourth-order valence-corrected chi connectivity index (χ4v) is 3.74. The van der Waals surface area contributed by atoms with Gasteiger partial charge in [-0.05, 0) is 56.2 Å². The minimum Gasteiger partial charge on any atom is -0.508 e. The second-order valence-electron chi connectivity index (χ2n) is 8.67. The normalized spacial score (nSPS) is 17.6. The number of nitrogens with zero attached hydrogens (tertiary/aromatic N) is 1. The number of likely N-dealkylation sites (tertiary alicyclic amines) is 1. The van der Waals surface area contributed by atoms with Crippen molar-refractivity contribution in [1.29, 1.82) is 0 Å². The van der Waals surface area contributed by atoms with E-state index in [4.69, 9.17) is 5.11 Å². The maximum absolute atomic E-state index is 13.0. The van der Waals surface area contributed by atoms with Crippen molar-refractivity contribution in [2.45, 2.75) is 71.0 Å². The maximum atomic E-state index is 13.0. The van der Waals surface area contributed by atoms with Crippen molar-refractivity contribution in [3.8, 4) is 5.75 Å². The van der Waals surface area contributed by atoms with E-state index < -0.39 is 35.9 Å². The van der Waals surface area contributed by atoms with Gasteiger partial charge in [-0.25, -0.2) is 0 Å². The van der Waals surface area contributed by atoms with Crippen LogP contribution in [0.15, 0.2) is 24.3 Å². The molecular weight excluding hydrogens is 414 g/mol. The molecule has 32 heavy (non-hydrogen) atoms. The van der Waals surface area contributed by atoms with E-state index in [0.29, 0.717) is 32.2 Å². The lowest BCUT2D eigenvalue weighted by molar-refractivity contribution is -0.142. The lowest BCUT2D eigenvalue weighted by Crippen LogP contribution is -2.55. The predicted octanol–water partition coefficient (Wildman–Crippen LogP) is 1.44. The zero-order valence-corrected chi connectivity index (χ0v) is 18.8. The van der Waals surface area contributed by atoms with E-state index in [1.807, 2.05) is 13.8 Å². The van der Waals surface area contributed by atoms with Crippen LogP contribution in [0.25, 0.3) is 0 Å². The van der Waals surface area contributed by atoms with E-state index in [1.54, 1.807) is 29.2 Å². The summed E-state index contributed by atoms with van der Waals surface area (Å²) in [4.78, 5) is 50.9. The van der Waals surface area contributed by atoms with E-state index in [-0.39, 0.29) is 24.0 Å². The van der Waals surface area contributed by atoms with Crippen molar-refractivity contribution in [2.24, 2.45) is 5.92 Å². The van der Waals surface area contributed by atoms with Crippen LogP contribution in [-0.4, -0.2) is 63.5 Å². The highest BCUT2D eigenvalue weighted by Crippen LogP contribution is 2.20. The van der Waals surface area contributed by atoms with Crippen LogP contribution in [0.4, 0.5) is 0 Å². The zero-order chi connectivity index (χ0) is 23.8. The van der Waals surface area contributed by atoms with E-state index in [1.165, 1.54) is 6.92 Å². The van der Waals surface area contributed by atoms with Crippen LogP contribution in [-0.2, 0) is 25.6 Å². The molecule has 9 heteroatoms. The highest BCUT2D eigenvalue weighted by molar-refractivity contribution is 5.93. The number of hydrogen-bond acceptors (Lipinski definition) is 5. The van der Waals surface area contributed by atoms with Gasteiger partial charge in [-0.1, -0.05) is 26.0 Å². The van der Waals surface area contributed by atoms with Gasteiger partial charge in [0.1, 0.15) is 23.9 Å². The third kappa shape index (κ3) is 7.25. The fraction of sp³-hybridized carbons (Fsp3) is 0.565. The first-order valence-electron chi connectivity index (χ1n) is 11.0. The molecule has 1 heterocycles. The average Bonchev–Trinajstić information content (AvgIpc) is 3.22. The number of aryl methyl sites for hydroxylation is 1. The molecule has 0 spiro atoms. The third-order valence-corrected chi connectivity index (χ3v) is 5.51. The van der Waals surface area contributed by atoms with Crippen LogP contribution in [0.2, 0.25) is 0 Å². The van der Waals surface area contributed by atoms with Gasteiger partial charge in [0, 0.05) is 13.0 Å². The SMILES string of the molecule is CC(C)C[C@@H](NC(=O)[C@@H]1CCCN1C(=O)CCc1ccc(O)cc1)C(=O)N[C@H](C)C(=O)O. The van der Waals surface area contributed by atoms with E-state index >= 15 is 0 Å². The highest BCUT2D eigenvalue weighted by atomic mass is 16.4. The fourth-order valence-electron chi connectivity index (χ4n) is 3.74. The van der Waals surface area contributed by atoms with Crippen molar-refractivity contribution in [1.82, 2.24) is 15.5 Å². The summed E-state index contributed by atoms with van der Waals surface area (Å²) in [5.74, 6) is -1.99. The van der Waals surface area contributed by atoms with Gasteiger partial charge >= 0.3 is 5.97 Å². The summed E-state index contributed by atoms with van der Waals surface area (Å²) in [6.45, 7) is 5.65. The molecule has 1 aromatic rings. The molecule has 176 valence electrons. The molecule has 1 aliphatic heterocycles. The van der Waals surface area contributed by atoms with Gasteiger partial charge < -0.3 is 25.7 Å². The zero-order valence-electron chi connectivity index (χ0n) is 18.8. The molecule has 9 nitrogen and oxygen atoms in total. The van der Waals surface area contributed by atoms with E-state index in [0.717, 1.165) is 5.56 Å². The number of rotatable bonds is 10. The maximum Gasteiger partial charge on any atom is 0.325 e. The number of aromatic hydroxyl groups is 1. The van der Waals surface area contributed by atoms with E-state index in [2.05, 4.69) is 10.6 Å². The summed E-state index contributed by atoms with van der Waals surface area (Å²) in [5, 5.41) is 23.5. The van der Waals surface area contributed by atoms with Gasteiger partial charge in [-0.15, -0.1) is 0 Å². The molecule has 1 aromatic carbocycles. The number of carboxylic acids is 1. The topological polar surface area (TPSA) is 136 Å². The number of carboxylic acid groups (broad SMARTS) is 1. The lowest BCUT2D eigenvalue weighted by atomic mass is 10.0. The quantitative estimate of drug-likeness (QED) is 0.428. The molecule has 1 aliphatic rings. The van der Waals surface area contributed by atoms with E-state index in [9.17, 15) is 24.3 Å². The minimum atomic E-state index is -1.16. The number of hydrogen-bond donors (Lipinski definition) is 4. The first kappa shape index (κ1) is 25.2. The third-order valence-electron chi connectivity index (χ3n) is 5.51. The molecule has 4 N–H and O–H groups in total. The van der Waals surface area contributed by atoms with Crippen molar-refractivity contribution in [2.75, 3.05) is 6.54 Å². The van der Waals surface area contributed by atoms with Gasteiger partial charge in [0.25, 0.3) is 0 Å². The second-order valence-corrected chi connectivity index (χ2v) is 8.67. The Morgan fingerprint density at radius 1 is 1.09 bits per heavy atom. The number of nitrogens with one attached hydrogen (secondary N) is 2. The molecular formula is C23H33N3O6. The molecule has 0 aliphatic carbocycles. The molecule has 0 bridgehead atoms. The molecule has 3 atom stereocenters. The summed E-state index contributed by atoms with van der Waals surface area (Å²) >= 11 is 0. The van der Waals surface area contributed by atoms with Crippen molar-refractivity contribution in [3.05, 3.63) is 29.8 Å². The molecule has 0 unspecified atom stereocenters. The number of benzene rings is 1. The van der Waals surface area contributed by atoms with Crippen LogP contribution < -0.4 is 10.6 Å². The summed E-state index contributed by atoms with van der Waals surface area (Å²) in [6, 6.07) is 4.04. The van der Waals surface area contributed by atoms with Crippen LogP contribution in [0.3, 0.4) is 0 Å². The number of amides is 3. The van der Waals surface area contributed by atoms with Gasteiger partial charge in [0.05, 0.1) is 0 Å². The van der Waals surface area contributed by atoms with Crippen molar-refractivity contribution in [3.63, 3.8) is 0 Å². The number of carbonyl (C=O) groups excluding carboxylic acids is 3. The molecule has 3 amide bonds. The molecule has 1 saturated heterocycles. The molecule has 0 radical (unpaired) electrons. The van der Waals surface area contributed by atoms with Crippen molar-refractivity contribution >= 4 is 23.7 Å². The Bertz CT molecular complexity index is 824. The summed E-state index contributed by atoms with van der Waals surface area (Å²) < 4.78 is 0. The summed E-state index contributed by atoms with van der Waals surface area (Å²) in [7, 11) is 0. The van der Waals surface area contributed by atoms with Crippen LogP contribution in [0.1, 0.15) is 52.0 Å². The number of aliphatic carboxylic acids is 1. The number of carbonyl (C=O) groups is 4. The first-order valence-corrected chi connectivity index (χ1v) is 11.0. The van der Waals surface area contributed by atoms with Gasteiger partial charge in [0.2, 0.25) is 17.7 Å². The van der Waals surface area contributed by atoms with Crippen LogP contribution in [0.5, 0.6) is 5.75 Å². The predicted molar refractivity (Wildman–Crippen MR) is 118 cm³/mol. The van der Waals surface area contributed by atoms with Crippen LogP contribution in [0, 0.1) is 5.92 Å². The summed E-state index contributed by atoms with van der Waals surface area (Å²) in [5.41, 5.74) is 0.914. The second kappa shape index (κ2) is 11.5. The summed E-state index contributed by atoms with van der Waals surface area (Å²) in [6.07, 6.45) is 2.29. The Hall–Kier alpha value is -3.10. The van der Waals surface area contributed by atoms with Crippen LogP contribution >= 0.6 is 0 Å². The lowest BCUT2D eigenvalue weighted by Gasteiger charge is -2.27. The minimum absolute atomic E-state index is 0.0952. The molecule has 0 saturated carbocycles. The monoisotopic (exact) mass is 447 g/mol. The number of phenolic OH excluding ortho intramolecular Hbond substituents is 1. The standard InChI is InChI=1S/C23H33N3O6/c1-14(2)13-18(21(29)24-15(3)23(31)32)25-22(30)19-5-4-12-26(19)20(28)11-8-16-6-9-17(27)10-7-16/h6-7,9-10,14-15,18-19,27H,4-5,8,11-13H2,1-3H3,(H,24,29)(H,25,30)(H,31,32)/t15-,18-,19+/m1/s1. The van der Waals surface area contributed by atoms with Gasteiger partial charge in [-0.2, -0.15) is 0 Å². The Morgan fingerprint density at radius 2 is 1.75 bits per heavy atom. The first-order chi connectivity index (χ1) is 15.1. The van der Waals surface area contributed by atoms with Gasteiger partial charge in [0.15, 0.2) is 0 Å².